The van der Waals surface area contributed by atoms with Crippen molar-refractivity contribution in [3.05, 3.63) is 233 Å². The Morgan fingerprint density at radius 1 is 0.567 bits per heavy atom. The number of aromatic nitrogens is 1. The van der Waals surface area contributed by atoms with Crippen LogP contribution in [0.25, 0.3) is 44.3 Å². The number of hydrogen-bond donors (Lipinski definition) is 1. The van der Waals surface area contributed by atoms with E-state index in [0.29, 0.717) is 0 Å². The van der Waals surface area contributed by atoms with E-state index in [1.54, 1.807) is 0 Å². The summed E-state index contributed by atoms with van der Waals surface area (Å²) in [5.41, 5.74) is 15.4. The van der Waals surface area contributed by atoms with E-state index in [2.05, 4.69) is 181 Å². The Bertz CT molecular complexity index is 3120. The summed E-state index contributed by atoms with van der Waals surface area (Å²) in [6.45, 7) is 0. The molecule has 1 spiro atoms. The molecule has 1 N–H and O–H groups in total. The molecule has 1 atom stereocenters. The van der Waals surface area contributed by atoms with Gasteiger partial charge in [-0.25, -0.2) is 9.98 Å². The van der Waals surface area contributed by atoms with Gasteiger partial charge in [-0.1, -0.05) is 152 Å². The normalized spacial score (nSPS) is 16.7. The molecule has 2 aliphatic heterocycles. The lowest BCUT2D eigenvalue weighted by Gasteiger charge is -2.39. The third-order valence-corrected chi connectivity index (χ3v) is 12.5. The molecule has 2 aliphatic carbocycles. The lowest BCUT2D eigenvalue weighted by molar-refractivity contribution is 0.436. The minimum absolute atomic E-state index is 0.242. The number of aliphatic imine (C=N–C) groups is 2. The Morgan fingerprint density at radius 2 is 1.25 bits per heavy atom. The van der Waals surface area contributed by atoms with Crippen LogP contribution in [0.1, 0.15) is 52.4 Å². The Balaban J connectivity index is 1.04. The topological polar surface area (TPSA) is 58.9 Å². The highest BCUT2D eigenvalue weighted by atomic mass is 16.5. The molecule has 4 aliphatic rings. The highest BCUT2D eigenvalue weighted by Gasteiger charge is 2.51. The van der Waals surface area contributed by atoms with Crippen molar-refractivity contribution in [3.8, 4) is 44.9 Å². The van der Waals surface area contributed by atoms with E-state index in [4.69, 9.17) is 19.7 Å². The van der Waals surface area contributed by atoms with Crippen LogP contribution in [0.2, 0.25) is 0 Å². The summed E-state index contributed by atoms with van der Waals surface area (Å²) < 4.78 is 6.64. The van der Waals surface area contributed by atoms with E-state index in [1.165, 1.54) is 27.8 Å². The van der Waals surface area contributed by atoms with Gasteiger partial charge in [0.1, 0.15) is 23.5 Å². The van der Waals surface area contributed by atoms with Crippen LogP contribution in [0.5, 0.6) is 11.5 Å². The molecule has 12 rings (SSSR count). The standard InChI is InChI=1S/C55H38N4O/c1-3-14-36(15-4-1)52-57-53(37-16-5-2-6-17-37)59-54(58-52)41-20-11-19-38(32-41)39-27-29-45-43(33-39)44-34-40(42-22-12-18-35-21-13-31-56-51(35)42)28-30-46(44)55(45)47-23-7-9-25-49(47)60-50-26-10-8-24-48(50)55/h1-5,7-16,18-34,52H,6,17H2,(H,57,58,59). The lowest BCUT2D eigenvalue weighted by atomic mass is 9.66. The highest BCUT2D eigenvalue weighted by Crippen LogP contribution is 2.62. The maximum atomic E-state index is 6.64. The predicted molar refractivity (Wildman–Crippen MR) is 243 cm³/mol. The minimum atomic E-state index is -0.573. The van der Waals surface area contributed by atoms with Gasteiger partial charge < -0.3 is 10.1 Å². The van der Waals surface area contributed by atoms with Gasteiger partial charge in [-0.15, -0.1) is 0 Å². The summed E-state index contributed by atoms with van der Waals surface area (Å²) in [6.07, 6.45) is 10.1. The Morgan fingerprint density at radius 3 is 2.03 bits per heavy atom. The average molecular weight is 771 g/mol. The van der Waals surface area contributed by atoms with Crippen LogP contribution in [0.4, 0.5) is 0 Å². The maximum Gasteiger partial charge on any atom is 0.159 e. The van der Waals surface area contributed by atoms with Gasteiger partial charge in [-0.05, 0) is 99.3 Å². The molecule has 60 heavy (non-hydrogen) atoms. The summed E-state index contributed by atoms with van der Waals surface area (Å²) in [4.78, 5) is 15.2. The van der Waals surface area contributed by atoms with Gasteiger partial charge in [-0.3, -0.25) is 4.98 Å². The first-order valence-corrected chi connectivity index (χ1v) is 20.7. The molecule has 0 saturated carbocycles. The van der Waals surface area contributed by atoms with E-state index in [1.807, 2.05) is 18.3 Å². The molecular formula is C55H38N4O. The van der Waals surface area contributed by atoms with Crippen molar-refractivity contribution < 1.29 is 4.74 Å². The molecule has 5 nitrogen and oxygen atoms in total. The number of allylic oxidation sites excluding steroid dienone is 3. The zero-order chi connectivity index (χ0) is 39.6. The first kappa shape index (κ1) is 34.4. The largest absolute Gasteiger partial charge is 0.457 e. The molecule has 0 radical (unpaired) electrons. The van der Waals surface area contributed by atoms with Crippen molar-refractivity contribution in [2.75, 3.05) is 0 Å². The van der Waals surface area contributed by atoms with E-state index in [-0.39, 0.29) is 6.17 Å². The highest BCUT2D eigenvalue weighted by molar-refractivity contribution is 6.13. The molecule has 1 aromatic heterocycles. The maximum absolute atomic E-state index is 6.64. The van der Waals surface area contributed by atoms with Gasteiger partial charge in [0.05, 0.1) is 10.9 Å². The quantitative estimate of drug-likeness (QED) is 0.190. The number of para-hydroxylation sites is 3. The van der Waals surface area contributed by atoms with Gasteiger partial charge in [0.2, 0.25) is 0 Å². The van der Waals surface area contributed by atoms with E-state index in [9.17, 15) is 0 Å². The molecule has 0 saturated heterocycles. The third kappa shape index (κ3) is 5.36. The molecule has 284 valence electrons. The van der Waals surface area contributed by atoms with Crippen LogP contribution >= 0.6 is 0 Å². The summed E-state index contributed by atoms with van der Waals surface area (Å²) in [7, 11) is 0. The number of benzene rings is 7. The second-order valence-electron chi connectivity index (χ2n) is 15.9. The predicted octanol–water partition coefficient (Wildman–Crippen LogP) is 12.8. The zero-order valence-electron chi connectivity index (χ0n) is 32.7. The Labute approximate surface area is 348 Å². The average Bonchev–Trinajstić information content (AvgIpc) is 3.61. The smallest absolute Gasteiger partial charge is 0.159 e. The van der Waals surface area contributed by atoms with E-state index < -0.39 is 5.41 Å². The summed E-state index contributed by atoms with van der Waals surface area (Å²) in [6, 6.07) is 60.8. The summed E-state index contributed by atoms with van der Waals surface area (Å²) in [5.74, 6) is 3.37. The molecule has 1 unspecified atom stereocenters. The fourth-order valence-electron chi connectivity index (χ4n) is 9.78. The monoisotopic (exact) mass is 770 g/mol. The van der Waals surface area contributed by atoms with Crippen LogP contribution in [-0.2, 0) is 5.41 Å². The minimum Gasteiger partial charge on any atom is -0.457 e. The Hall–Kier alpha value is -7.63. The molecule has 8 aromatic rings. The SMILES string of the molecule is C1=CCCC(C2=NC(c3cccc(-c4ccc5c(c4)-c4cc(-c6cccc7cccnc67)ccc4C54c5ccccc5Oc5ccccc54)c3)=NC(c3ccccc3)N2)=C1. The van der Waals surface area contributed by atoms with Crippen molar-refractivity contribution in [2.45, 2.75) is 24.4 Å². The number of hydrogen-bond acceptors (Lipinski definition) is 5. The molecule has 0 amide bonds. The van der Waals surface area contributed by atoms with Gasteiger partial charge in [-0.2, -0.15) is 0 Å². The van der Waals surface area contributed by atoms with Crippen molar-refractivity contribution in [1.29, 1.82) is 0 Å². The third-order valence-electron chi connectivity index (χ3n) is 12.5. The first-order valence-electron chi connectivity index (χ1n) is 20.7. The van der Waals surface area contributed by atoms with Crippen molar-refractivity contribution in [3.63, 3.8) is 0 Å². The van der Waals surface area contributed by atoms with Crippen LogP contribution < -0.4 is 10.1 Å². The number of amidine groups is 2. The van der Waals surface area contributed by atoms with Crippen LogP contribution in [-0.4, -0.2) is 16.7 Å². The lowest BCUT2D eigenvalue weighted by Crippen LogP contribution is -2.34. The van der Waals surface area contributed by atoms with E-state index >= 15 is 0 Å². The molecule has 5 heteroatoms. The van der Waals surface area contributed by atoms with Crippen molar-refractivity contribution in [2.24, 2.45) is 9.98 Å². The molecule has 7 aromatic carbocycles. The van der Waals surface area contributed by atoms with E-state index in [0.717, 1.165) is 91.4 Å². The number of rotatable bonds is 5. The number of nitrogens with zero attached hydrogens (tertiary/aromatic N) is 3. The van der Waals surface area contributed by atoms with Crippen molar-refractivity contribution >= 4 is 22.6 Å². The molecule has 0 bridgehead atoms. The molecule has 3 heterocycles. The second-order valence-corrected chi connectivity index (χ2v) is 15.9. The Kier molecular flexibility index (Phi) is 7.88. The number of fused-ring (bicyclic) bond motifs is 10. The van der Waals surface area contributed by atoms with Gasteiger partial charge >= 0.3 is 0 Å². The summed E-state index contributed by atoms with van der Waals surface area (Å²) >= 11 is 0. The van der Waals surface area contributed by atoms with Crippen LogP contribution in [0.15, 0.2) is 210 Å². The molecule has 0 fully saturated rings. The number of pyridine rings is 1. The van der Waals surface area contributed by atoms with Crippen LogP contribution in [0.3, 0.4) is 0 Å². The van der Waals surface area contributed by atoms with Gasteiger partial charge in [0.25, 0.3) is 0 Å². The van der Waals surface area contributed by atoms with Gasteiger partial charge in [0, 0.05) is 33.8 Å². The van der Waals surface area contributed by atoms with Gasteiger partial charge in [0.15, 0.2) is 5.84 Å². The second kappa shape index (κ2) is 13.7. The summed E-state index contributed by atoms with van der Waals surface area (Å²) in [5, 5.41) is 4.76. The molecular weight excluding hydrogens is 733 g/mol. The first-order chi connectivity index (χ1) is 29.7. The number of ether oxygens (including phenoxy) is 1. The van der Waals surface area contributed by atoms with Crippen molar-refractivity contribution in [1.82, 2.24) is 10.3 Å². The fourth-order valence-corrected chi connectivity index (χ4v) is 9.78. The zero-order valence-corrected chi connectivity index (χ0v) is 32.7. The number of nitrogens with one attached hydrogen (secondary N) is 1. The van der Waals surface area contributed by atoms with Crippen LogP contribution in [0, 0.1) is 0 Å². The fraction of sp³-hybridized carbons (Fsp3) is 0.0727.